The number of thiophene rings is 1. The van der Waals surface area contributed by atoms with E-state index in [9.17, 15) is 0 Å². The Morgan fingerprint density at radius 3 is 2.47 bits per heavy atom. The first-order valence-corrected chi connectivity index (χ1v) is 7.86. The Labute approximate surface area is 120 Å². The third kappa shape index (κ3) is 3.92. The number of hydrogen-bond donors (Lipinski definition) is 1. The molecule has 2 rings (SSSR count). The summed E-state index contributed by atoms with van der Waals surface area (Å²) in [6.45, 7) is 7.64. The van der Waals surface area contributed by atoms with Crippen molar-refractivity contribution in [3.05, 3.63) is 57.3 Å². The Bertz CT molecular complexity index is 501. The minimum atomic E-state index is 0.482. The summed E-state index contributed by atoms with van der Waals surface area (Å²) in [4.78, 5) is 2.87. The monoisotopic (exact) mass is 273 g/mol. The fourth-order valence-corrected chi connectivity index (χ4v) is 3.55. The molecule has 0 aliphatic rings. The summed E-state index contributed by atoms with van der Waals surface area (Å²) in [6.07, 6.45) is 2.29. The van der Waals surface area contributed by atoms with Crippen LogP contribution in [0.4, 0.5) is 0 Å². The quantitative estimate of drug-likeness (QED) is 0.808. The standard InChI is InChI=1S/C17H23NS/c1-4-18-17(16-12-13(2)19-14(16)3)11-10-15-8-6-5-7-9-15/h5-9,12,17-18H,4,10-11H2,1-3H3. The lowest BCUT2D eigenvalue weighted by atomic mass is 9.99. The van der Waals surface area contributed by atoms with Gasteiger partial charge in [0.1, 0.15) is 0 Å². The SMILES string of the molecule is CCNC(CCc1ccccc1)c1cc(C)sc1C. The molecule has 0 aliphatic carbocycles. The van der Waals surface area contributed by atoms with Crippen LogP contribution in [-0.2, 0) is 6.42 Å². The predicted molar refractivity (Wildman–Crippen MR) is 85.0 cm³/mol. The predicted octanol–water partition coefficient (Wildman–Crippen LogP) is 4.65. The second kappa shape index (κ2) is 6.88. The molecule has 0 saturated heterocycles. The van der Waals surface area contributed by atoms with Gasteiger partial charge in [-0.25, -0.2) is 0 Å². The molecule has 0 bridgehead atoms. The van der Waals surface area contributed by atoms with Gasteiger partial charge < -0.3 is 5.32 Å². The third-order valence-corrected chi connectivity index (χ3v) is 4.45. The molecule has 1 heterocycles. The summed E-state index contributed by atoms with van der Waals surface area (Å²) in [6, 6.07) is 13.6. The second-order valence-corrected chi connectivity index (χ2v) is 6.46. The van der Waals surface area contributed by atoms with Crippen molar-refractivity contribution in [3.8, 4) is 0 Å². The maximum Gasteiger partial charge on any atom is 0.0334 e. The molecule has 0 amide bonds. The minimum absolute atomic E-state index is 0.482. The van der Waals surface area contributed by atoms with Crippen molar-refractivity contribution in [2.45, 2.75) is 39.7 Å². The van der Waals surface area contributed by atoms with Crippen molar-refractivity contribution in [2.24, 2.45) is 0 Å². The molecule has 1 aromatic carbocycles. The van der Waals surface area contributed by atoms with Crippen molar-refractivity contribution >= 4 is 11.3 Å². The molecule has 102 valence electrons. The summed E-state index contributed by atoms with van der Waals surface area (Å²) in [5.41, 5.74) is 2.91. The number of rotatable bonds is 6. The summed E-state index contributed by atoms with van der Waals surface area (Å²) in [5, 5.41) is 3.63. The van der Waals surface area contributed by atoms with Gasteiger partial charge in [-0.3, -0.25) is 0 Å². The van der Waals surface area contributed by atoms with Crippen LogP contribution in [0.1, 0.15) is 40.3 Å². The van der Waals surface area contributed by atoms with E-state index in [2.05, 4.69) is 62.5 Å². The molecule has 0 aliphatic heterocycles. The first kappa shape index (κ1) is 14.3. The first-order chi connectivity index (χ1) is 9.20. The molecule has 1 nitrogen and oxygen atoms in total. The lowest BCUT2D eigenvalue weighted by Crippen LogP contribution is -2.21. The molecule has 0 spiro atoms. The minimum Gasteiger partial charge on any atom is -0.310 e. The van der Waals surface area contributed by atoms with E-state index in [1.54, 1.807) is 0 Å². The van der Waals surface area contributed by atoms with Gasteiger partial charge in [-0.1, -0.05) is 37.3 Å². The Hall–Kier alpha value is -1.12. The first-order valence-electron chi connectivity index (χ1n) is 7.05. The van der Waals surface area contributed by atoms with Gasteiger partial charge in [0.05, 0.1) is 0 Å². The van der Waals surface area contributed by atoms with Crippen LogP contribution in [0.15, 0.2) is 36.4 Å². The third-order valence-electron chi connectivity index (χ3n) is 3.47. The van der Waals surface area contributed by atoms with Crippen LogP contribution in [0.25, 0.3) is 0 Å². The van der Waals surface area contributed by atoms with E-state index in [0.29, 0.717) is 6.04 Å². The topological polar surface area (TPSA) is 12.0 Å². The van der Waals surface area contributed by atoms with Gasteiger partial charge in [0.25, 0.3) is 0 Å². The maximum atomic E-state index is 3.63. The largest absolute Gasteiger partial charge is 0.310 e. The van der Waals surface area contributed by atoms with Crippen LogP contribution in [0, 0.1) is 13.8 Å². The summed E-state index contributed by atoms with van der Waals surface area (Å²) in [7, 11) is 0. The Morgan fingerprint density at radius 1 is 1.16 bits per heavy atom. The molecule has 1 unspecified atom stereocenters. The molecule has 0 fully saturated rings. The molecule has 2 aromatic rings. The zero-order valence-electron chi connectivity index (χ0n) is 12.1. The lowest BCUT2D eigenvalue weighted by Gasteiger charge is -2.18. The zero-order chi connectivity index (χ0) is 13.7. The van der Waals surface area contributed by atoms with E-state index in [0.717, 1.165) is 19.4 Å². The van der Waals surface area contributed by atoms with Gasteiger partial charge in [-0.15, -0.1) is 11.3 Å². The fraction of sp³-hybridized carbons (Fsp3) is 0.412. The maximum absolute atomic E-state index is 3.63. The van der Waals surface area contributed by atoms with Gasteiger partial charge >= 0.3 is 0 Å². The molecule has 0 saturated carbocycles. The van der Waals surface area contributed by atoms with Crippen LogP contribution in [-0.4, -0.2) is 6.54 Å². The number of aryl methyl sites for hydroxylation is 3. The Balaban J connectivity index is 2.06. The highest BCUT2D eigenvalue weighted by atomic mass is 32.1. The highest BCUT2D eigenvalue weighted by Crippen LogP contribution is 2.29. The summed E-state index contributed by atoms with van der Waals surface area (Å²) in [5.74, 6) is 0. The van der Waals surface area contributed by atoms with Gasteiger partial charge in [-0.2, -0.15) is 0 Å². The molecule has 1 aromatic heterocycles. The van der Waals surface area contributed by atoms with E-state index < -0.39 is 0 Å². The van der Waals surface area contributed by atoms with E-state index in [1.807, 2.05) is 11.3 Å². The smallest absolute Gasteiger partial charge is 0.0334 e. The van der Waals surface area contributed by atoms with Crippen LogP contribution < -0.4 is 5.32 Å². The van der Waals surface area contributed by atoms with Gasteiger partial charge in [-0.05, 0) is 50.4 Å². The van der Waals surface area contributed by atoms with Gasteiger partial charge in [0, 0.05) is 15.8 Å². The highest BCUT2D eigenvalue weighted by Gasteiger charge is 2.14. The Kier molecular flexibility index (Phi) is 5.17. The summed E-state index contributed by atoms with van der Waals surface area (Å²) < 4.78 is 0. The van der Waals surface area contributed by atoms with Gasteiger partial charge in [0.2, 0.25) is 0 Å². The normalized spacial score (nSPS) is 12.6. The van der Waals surface area contributed by atoms with E-state index in [1.165, 1.54) is 20.9 Å². The lowest BCUT2D eigenvalue weighted by molar-refractivity contribution is 0.515. The average molecular weight is 273 g/mol. The fourth-order valence-electron chi connectivity index (χ4n) is 2.57. The van der Waals surface area contributed by atoms with Crippen molar-refractivity contribution < 1.29 is 0 Å². The molecule has 1 atom stereocenters. The van der Waals surface area contributed by atoms with E-state index in [-0.39, 0.29) is 0 Å². The van der Waals surface area contributed by atoms with E-state index >= 15 is 0 Å². The number of nitrogens with one attached hydrogen (secondary N) is 1. The molecular formula is C17H23NS. The molecule has 1 N–H and O–H groups in total. The number of benzene rings is 1. The molecular weight excluding hydrogens is 250 g/mol. The van der Waals surface area contributed by atoms with Crippen molar-refractivity contribution in [2.75, 3.05) is 6.54 Å². The van der Waals surface area contributed by atoms with Gasteiger partial charge in [0.15, 0.2) is 0 Å². The van der Waals surface area contributed by atoms with Crippen LogP contribution in [0.2, 0.25) is 0 Å². The van der Waals surface area contributed by atoms with Crippen molar-refractivity contribution in [1.29, 1.82) is 0 Å². The summed E-state index contributed by atoms with van der Waals surface area (Å²) >= 11 is 1.91. The highest BCUT2D eigenvalue weighted by molar-refractivity contribution is 7.12. The number of hydrogen-bond acceptors (Lipinski definition) is 2. The van der Waals surface area contributed by atoms with Crippen LogP contribution >= 0.6 is 11.3 Å². The second-order valence-electron chi connectivity index (χ2n) is 5.00. The molecule has 2 heteroatoms. The van der Waals surface area contributed by atoms with E-state index in [4.69, 9.17) is 0 Å². The Morgan fingerprint density at radius 2 is 1.89 bits per heavy atom. The van der Waals surface area contributed by atoms with Crippen LogP contribution in [0.3, 0.4) is 0 Å². The van der Waals surface area contributed by atoms with Crippen molar-refractivity contribution in [3.63, 3.8) is 0 Å². The van der Waals surface area contributed by atoms with Crippen molar-refractivity contribution in [1.82, 2.24) is 5.32 Å². The van der Waals surface area contributed by atoms with Crippen LogP contribution in [0.5, 0.6) is 0 Å². The zero-order valence-corrected chi connectivity index (χ0v) is 12.9. The molecule has 19 heavy (non-hydrogen) atoms. The average Bonchev–Trinajstić information content (AvgIpc) is 2.75. The molecule has 0 radical (unpaired) electrons.